The first kappa shape index (κ1) is 12.3. The molecule has 0 saturated carbocycles. The van der Waals surface area contributed by atoms with E-state index in [1.807, 2.05) is 27.7 Å². The number of aliphatic hydroxyl groups excluding tert-OH is 1. The third-order valence-electron chi connectivity index (χ3n) is 2.51. The molecule has 15 heavy (non-hydrogen) atoms. The van der Waals surface area contributed by atoms with Crippen molar-refractivity contribution in [3.8, 4) is 0 Å². The Bertz CT molecular complexity index is 234. The molecule has 4 nitrogen and oxygen atoms in total. The Morgan fingerprint density at radius 1 is 1.47 bits per heavy atom. The molecule has 0 bridgehead atoms. The van der Waals surface area contributed by atoms with Crippen LogP contribution in [0, 0.1) is 5.92 Å². The molecule has 1 fully saturated rings. The highest BCUT2D eigenvalue weighted by Gasteiger charge is 2.29. The van der Waals surface area contributed by atoms with Crippen molar-refractivity contribution in [1.29, 1.82) is 0 Å². The van der Waals surface area contributed by atoms with Gasteiger partial charge in [0.2, 0.25) is 0 Å². The standard InChI is InChI=1S/C11H21NO3/c1-8-7-12(6-5-9(8)13)10(14)15-11(2,3)4/h8-9,13H,5-7H2,1-4H3/t8-,9?/m1/s1. The summed E-state index contributed by atoms with van der Waals surface area (Å²) in [5, 5.41) is 9.53. The predicted octanol–water partition coefficient (Wildman–Crippen LogP) is 1.62. The first-order valence-corrected chi connectivity index (χ1v) is 5.45. The van der Waals surface area contributed by atoms with E-state index in [1.54, 1.807) is 4.90 Å². The highest BCUT2D eigenvalue weighted by molar-refractivity contribution is 5.68. The SMILES string of the molecule is C[C@@H]1CN(C(=O)OC(C)(C)C)CCC1O. The minimum absolute atomic E-state index is 0.131. The van der Waals surface area contributed by atoms with Crippen molar-refractivity contribution >= 4 is 6.09 Å². The first-order chi connectivity index (χ1) is 6.79. The number of piperidine rings is 1. The number of likely N-dealkylation sites (tertiary alicyclic amines) is 1. The number of rotatable bonds is 0. The first-order valence-electron chi connectivity index (χ1n) is 5.45. The number of carbonyl (C=O) groups is 1. The maximum absolute atomic E-state index is 11.7. The van der Waals surface area contributed by atoms with Crippen molar-refractivity contribution in [2.24, 2.45) is 5.92 Å². The Labute approximate surface area is 91.2 Å². The van der Waals surface area contributed by atoms with Crippen molar-refractivity contribution in [3.05, 3.63) is 0 Å². The van der Waals surface area contributed by atoms with Crippen molar-refractivity contribution in [2.45, 2.75) is 45.8 Å². The van der Waals surface area contributed by atoms with E-state index >= 15 is 0 Å². The van der Waals surface area contributed by atoms with Crippen LogP contribution in [0.5, 0.6) is 0 Å². The largest absolute Gasteiger partial charge is 0.444 e. The topological polar surface area (TPSA) is 49.8 Å². The van der Waals surface area contributed by atoms with Gasteiger partial charge in [-0.2, -0.15) is 0 Å². The van der Waals surface area contributed by atoms with Gasteiger partial charge in [-0.3, -0.25) is 0 Å². The minimum Gasteiger partial charge on any atom is -0.444 e. The van der Waals surface area contributed by atoms with Gasteiger partial charge in [-0.05, 0) is 33.1 Å². The summed E-state index contributed by atoms with van der Waals surface area (Å²) in [6.45, 7) is 8.67. The van der Waals surface area contributed by atoms with Crippen LogP contribution >= 0.6 is 0 Å². The summed E-state index contributed by atoms with van der Waals surface area (Å²) in [6, 6.07) is 0. The molecule has 2 atom stereocenters. The van der Waals surface area contributed by atoms with E-state index < -0.39 is 5.60 Å². The monoisotopic (exact) mass is 215 g/mol. The lowest BCUT2D eigenvalue weighted by molar-refractivity contribution is -0.00488. The van der Waals surface area contributed by atoms with Gasteiger partial charge >= 0.3 is 6.09 Å². The number of hydrogen-bond acceptors (Lipinski definition) is 3. The average Bonchev–Trinajstić information content (AvgIpc) is 2.06. The second-order valence-electron chi connectivity index (χ2n) is 5.26. The number of amides is 1. The van der Waals surface area contributed by atoms with Gasteiger partial charge in [0.15, 0.2) is 0 Å². The molecule has 1 unspecified atom stereocenters. The third-order valence-corrected chi connectivity index (χ3v) is 2.51. The molecule has 1 aliphatic heterocycles. The quantitative estimate of drug-likeness (QED) is 0.668. The van der Waals surface area contributed by atoms with Gasteiger partial charge in [-0.15, -0.1) is 0 Å². The molecule has 0 radical (unpaired) electrons. The van der Waals surface area contributed by atoms with Gasteiger partial charge in [0, 0.05) is 13.1 Å². The van der Waals surface area contributed by atoms with E-state index in [0.717, 1.165) is 0 Å². The molecule has 88 valence electrons. The highest BCUT2D eigenvalue weighted by Crippen LogP contribution is 2.19. The molecule has 1 aliphatic rings. The van der Waals surface area contributed by atoms with Crippen molar-refractivity contribution in [1.82, 2.24) is 4.90 Å². The average molecular weight is 215 g/mol. The Hall–Kier alpha value is -0.770. The fourth-order valence-electron chi connectivity index (χ4n) is 1.63. The minimum atomic E-state index is -0.448. The fourth-order valence-corrected chi connectivity index (χ4v) is 1.63. The zero-order valence-corrected chi connectivity index (χ0v) is 9.99. The van der Waals surface area contributed by atoms with Crippen LogP contribution in [-0.4, -0.2) is 40.9 Å². The molecule has 0 aliphatic carbocycles. The molecule has 1 rings (SSSR count). The van der Waals surface area contributed by atoms with Gasteiger partial charge in [-0.25, -0.2) is 4.79 Å². The van der Waals surface area contributed by atoms with Gasteiger partial charge in [0.25, 0.3) is 0 Å². The molecule has 0 aromatic carbocycles. The summed E-state index contributed by atoms with van der Waals surface area (Å²) in [4.78, 5) is 13.4. The molecule has 1 saturated heterocycles. The van der Waals surface area contributed by atoms with Crippen molar-refractivity contribution < 1.29 is 14.6 Å². The summed E-state index contributed by atoms with van der Waals surface area (Å²) in [5.74, 6) is 0.131. The smallest absolute Gasteiger partial charge is 0.410 e. The van der Waals surface area contributed by atoms with E-state index in [4.69, 9.17) is 4.74 Å². The van der Waals surface area contributed by atoms with Crippen LogP contribution in [0.4, 0.5) is 4.79 Å². The molecular formula is C11H21NO3. The van der Waals surface area contributed by atoms with Crippen LogP contribution in [0.3, 0.4) is 0 Å². The summed E-state index contributed by atoms with van der Waals surface area (Å²) < 4.78 is 5.27. The van der Waals surface area contributed by atoms with Gasteiger partial charge in [0.05, 0.1) is 6.10 Å². The van der Waals surface area contributed by atoms with Crippen molar-refractivity contribution in [3.63, 3.8) is 0 Å². The van der Waals surface area contributed by atoms with Crippen LogP contribution in [0.25, 0.3) is 0 Å². The van der Waals surface area contributed by atoms with Crippen LogP contribution in [0.2, 0.25) is 0 Å². The van der Waals surface area contributed by atoms with Gasteiger partial charge < -0.3 is 14.7 Å². The highest BCUT2D eigenvalue weighted by atomic mass is 16.6. The fraction of sp³-hybridized carbons (Fsp3) is 0.909. The molecule has 1 amide bonds. The molecular weight excluding hydrogens is 194 g/mol. The summed E-state index contributed by atoms with van der Waals surface area (Å²) in [7, 11) is 0. The van der Waals surface area contributed by atoms with E-state index in [0.29, 0.717) is 19.5 Å². The second-order valence-corrected chi connectivity index (χ2v) is 5.26. The summed E-state index contributed by atoms with van der Waals surface area (Å²) in [6.07, 6.45) is 0.0744. The van der Waals surface area contributed by atoms with Crippen LogP contribution in [-0.2, 0) is 4.74 Å². The van der Waals surface area contributed by atoms with E-state index in [2.05, 4.69) is 0 Å². The summed E-state index contributed by atoms with van der Waals surface area (Å²) >= 11 is 0. The number of carbonyl (C=O) groups excluding carboxylic acids is 1. The number of hydrogen-bond donors (Lipinski definition) is 1. The Kier molecular flexibility index (Phi) is 3.60. The maximum atomic E-state index is 11.7. The zero-order valence-electron chi connectivity index (χ0n) is 9.99. The number of ether oxygens (including phenoxy) is 1. The Morgan fingerprint density at radius 2 is 2.07 bits per heavy atom. The number of nitrogens with zero attached hydrogens (tertiary/aromatic N) is 1. The Morgan fingerprint density at radius 3 is 2.53 bits per heavy atom. The summed E-state index contributed by atoms with van der Waals surface area (Å²) in [5.41, 5.74) is -0.448. The predicted molar refractivity (Wildman–Crippen MR) is 57.6 cm³/mol. The van der Waals surface area contributed by atoms with Crippen molar-refractivity contribution in [2.75, 3.05) is 13.1 Å². The van der Waals surface area contributed by atoms with Gasteiger partial charge in [-0.1, -0.05) is 6.92 Å². The third kappa shape index (κ3) is 3.70. The van der Waals surface area contributed by atoms with E-state index in [1.165, 1.54) is 0 Å². The van der Waals surface area contributed by atoms with E-state index in [-0.39, 0.29) is 18.1 Å². The Balaban J connectivity index is 2.48. The lowest BCUT2D eigenvalue weighted by Crippen LogP contribution is -2.46. The lowest BCUT2D eigenvalue weighted by Gasteiger charge is -2.35. The molecule has 0 aromatic heterocycles. The number of aliphatic hydroxyl groups is 1. The molecule has 1 heterocycles. The van der Waals surface area contributed by atoms with Crippen LogP contribution in [0.15, 0.2) is 0 Å². The molecule has 0 aromatic rings. The molecule has 4 heteroatoms. The van der Waals surface area contributed by atoms with Gasteiger partial charge in [0.1, 0.15) is 5.60 Å². The lowest BCUT2D eigenvalue weighted by atomic mass is 9.97. The second kappa shape index (κ2) is 4.39. The van der Waals surface area contributed by atoms with E-state index in [9.17, 15) is 9.90 Å². The molecule has 1 N–H and O–H groups in total. The molecule has 0 spiro atoms. The maximum Gasteiger partial charge on any atom is 0.410 e. The van der Waals surface area contributed by atoms with Crippen LogP contribution in [0.1, 0.15) is 34.1 Å². The zero-order chi connectivity index (χ0) is 11.6. The van der Waals surface area contributed by atoms with Crippen LogP contribution < -0.4 is 0 Å². The normalized spacial score (nSPS) is 27.7.